The van der Waals surface area contributed by atoms with Crippen LogP contribution in [0.25, 0.3) is 0 Å². The molecule has 2 saturated heterocycles. The van der Waals surface area contributed by atoms with Crippen LogP contribution in [0.3, 0.4) is 0 Å². The molecule has 5 nitrogen and oxygen atoms in total. The summed E-state index contributed by atoms with van der Waals surface area (Å²) < 4.78 is 0. The van der Waals surface area contributed by atoms with Gasteiger partial charge < -0.3 is 16.0 Å². The molecule has 0 spiro atoms. The van der Waals surface area contributed by atoms with E-state index in [2.05, 4.69) is 16.0 Å². The number of para-hydroxylation sites is 1. The van der Waals surface area contributed by atoms with Crippen molar-refractivity contribution in [3.63, 3.8) is 0 Å². The van der Waals surface area contributed by atoms with Gasteiger partial charge in [-0.2, -0.15) is 0 Å². The van der Waals surface area contributed by atoms with Crippen LogP contribution in [0.5, 0.6) is 0 Å². The van der Waals surface area contributed by atoms with Gasteiger partial charge in [0.25, 0.3) is 11.8 Å². The minimum Gasteiger partial charge on any atom is -0.349 e. The maximum atomic E-state index is 12.8. The number of anilines is 1. The van der Waals surface area contributed by atoms with Gasteiger partial charge in [0.1, 0.15) is 0 Å². The largest absolute Gasteiger partial charge is 0.349 e. The normalized spacial score (nSPS) is 23.7. The number of nitrogens with one attached hydrogen (secondary N) is 3. The summed E-state index contributed by atoms with van der Waals surface area (Å²) in [6.45, 7) is 0. The van der Waals surface area contributed by atoms with Crippen LogP contribution in [0, 0.1) is 0 Å². The summed E-state index contributed by atoms with van der Waals surface area (Å²) in [6, 6.07) is 14.9. The first-order valence-electron chi connectivity index (χ1n) is 9.31. The van der Waals surface area contributed by atoms with Crippen LogP contribution in [0.2, 0.25) is 5.02 Å². The molecule has 0 saturated carbocycles. The molecule has 0 aliphatic carbocycles. The summed E-state index contributed by atoms with van der Waals surface area (Å²) in [4.78, 5) is 25.3. The van der Waals surface area contributed by atoms with Crippen molar-refractivity contribution in [2.24, 2.45) is 0 Å². The van der Waals surface area contributed by atoms with Gasteiger partial charge in [-0.1, -0.05) is 23.7 Å². The Labute approximate surface area is 163 Å². The number of hydrogen-bond acceptors (Lipinski definition) is 3. The van der Waals surface area contributed by atoms with Gasteiger partial charge in [-0.05, 0) is 62.1 Å². The molecular weight excluding hydrogens is 362 g/mol. The lowest BCUT2D eigenvalue weighted by molar-refractivity contribution is 0.0925. The van der Waals surface area contributed by atoms with E-state index in [0.717, 1.165) is 12.8 Å². The molecule has 2 atom stereocenters. The predicted octanol–water partition coefficient (Wildman–Crippen LogP) is 3.61. The molecule has 2 aromatic carbocycles. The second-order valence-corrected chi connectivity index (χ2v) is 7.72. The topological polar surface area (TPSA) is 70.2 Å². The molecule has 2 aliphatic rings. The number of hydrogen-bond donors (Lipinski definition) is 3. The fourth-order valence-corrected chi connectivity index (χ4v) is 4.15. The van der Waals surface area contributed by atoms with Gasteiger partial charge in [0, 0.05) is 28.7 Å². The zero-order chi connectivity index (χ0) is 18.8. The van der Waals surface area contributed by atoms with E-state index in [1.807, 2.05) is 0 Å². The summed E-state index contributed by atoms with van der Waals surface area (Å²) in [5.74, 6) is -0.417. The van der Waals surface area contributed by atoms with Crippen molar-refractivity contribution in [1.29, 1.82) is 0 Å². The second-order valence-electron chi connectivity index (χ2n) is 7.29. The number of fused-ring (bicyclic) bond motifs is 2. The Bertz CT molecular complexity index is 841. The van der Waals surface area contributed by atoms with Gasteiger partial charge >= 0.3 is 0 Å². The van der Waals surface area contributed by atoms with E-state index in [4.69, 9.17) is 11.6 Å². The molecule has 0 radical (unpaired) electrons. The second kappa shape index (κ2) is 7.71. The first kappa shape index (κ1) is 18.0. The maximum Gasteiger partial charge on any atom is 0.255 e. The van der Waals surface area contributed by atoms with E-state index < -0.39 is 0 Å². The smallest absolute Gasteiger partial charge is 0.255 e. The van der Waals surface area contributed by atoms with Gasteiger partial charge in [0.2, 0.25) is 0 Å². The number of rotatable bonds is 4. The van der Waals surface area contributed by atoms with Crippen LogP contribution in [0.15, 0.2) is 48.5 Å². The molecule has 27 heavy (non-hydrogen) atoms. The Morgan fingerprint density at radius 1 is 0.926 bits per heavy atom. The number of piperidine rings is 1. The minimum atomic E-state index is -0.271. The van der Waals surface area contributed by atoms with Crippen molar-refractivity contribution in [2.45, 2.75) is 43.8 Å². The van der Waals surface area contributed by atoms with Crippen LogP contribution in [0.1, 0.15) is 46.4 Å². The highest BCUT2D eigenvalue weighted by molar-refractivity contribution is 6.30. The molecule has 2 bridgehead atoms. The molecule has 2 amide bonds. The van der Waals surface area contributed by atoms with Crippen molar-refractivity contribution in [2.75, 3.05) is 5.32 Å². The van der Waals surface area contributed by atoms with Crippen molar-refractivity contribution in [3.8, 4) is 0 Å². The number of carbonyl (C=O) groups is 2. The van der Waals surface area contributed by atoms with E-state index >= 15 is 0 Å². The Morgan fingerprint density at radius 2 is 1.59 bits per heavy atom. The lowest BCUT2D eigenvalue weighted by Gasteiger charge is -2.29. The molecule has 0 aromatic heterocycles. The van der Waals surface area contributed by atoms with Gasteiger partial charge in [-0.15, -0.1) is 0 Å². The zero-order valence-electron chi connectivity index (χ0n) is 14.9. The summed E-state index contributed by atoms with van der Waals surface area (Å²) >= 11 is 5.87. The monoisotopic (exact) mass is 383 g/mol. The van der Waals surface area contributed by atoms with Crippen molar-refractivity contribution in [1.82, 2.24) is 10.6 Å². The molecule has 3 N–H and O–H groups in total. The van der Waals surface area contributed by atoms with Crippen LogP contribution >= 0.6 is 11.6 Å². The van der Waals surface area contributed by atoms with Crippen LogP contribution in [0.4, 0.5) is 5.69 Å². The maximum absolute atomic E-state index is 12.8. The molecule has 2 unspecified atom stereocenters. The standard InChI is InChI=1S/C21H22ClN3O2/c22-14-7-5-13(6-8-14)20(26)25-19-4-2-1-3-18(19)21(27)24-17-11-15-9-10-16(12-17)23-15/h1-8,15-17,23H,9-12H2,(H,24,27)(H,25,26). The van der Waals surface area contributed by atoms with Gasteiger partial charge in [0.15, 0.2) is 0 Å². The molecule has 6 heteroatoms. The van der Waals surface area contributed by atoms with E-state index in [-0.39, 0.29) is 17.9 Å². The van der Waals surface area contributed by atoms with Crippen LogP contribution < -0.4 is 16.0 Å². The fourth-order valence-electron chi connectivity index (χ4n) is 4.02. The Hall–Kier alpha value is -2.37. The van der Waals surface area contributed by atoms with Crippen molar-refractivity contribution in [3.05, 3.63) is 64.7 Å². The van der Waals surface area contributed by atoms with Gasteiger partial charge in [-0.3, -0.25) is 9.59 Å². The van der Waals surface area contributed by atoms with E-state index in [1.54, 1.807) is 48.5 Å². The third-order valence-electron chi connectivity index (χ3n) is 5.33. The van der Waals surface area contributed by atoms with Crippen LogP contribution in [-0.4, -0.2) is 29.9 Å². The number of carbonyl (C=O) groups excluding carboxylic acids is 2. The average molecular weight is 384 g/mol. The van der Waals surface area contributed by atoms with E-state index in [0.29, 0.717) is 33.9 Å². The SMILES string of the molecule is O=C(Nc1ccccc1C(=O)NC1CC2CCC(C1)N2)c1ccc(Cl)cc1. The first-order chi connectivity index (χ1) is 13.1. The summed E-state index contributed by atoms with van der Waals surface area (Å²) in [5.41, 5.74) is 1.47. The highest BCUT2D eigenvalue weighted by Crippen LogP contribution is 2.27. The highest BCUT2D eigenvalue weighted by Gasteiger charge is 2.34. The number of halogens is 1. The van der Waals surface area contributed by atoms with Crippen molar-refractivity contribution < 1.29 is 9.59 Å². The number of amides is 2. The zero-order valence-corrected chi connectivity index (χ0v) is 15.6. The summed E-state index contributed by atoms with van der Waals surface area (Å²) in [5, 5.41) is 10.1. The molecule has 2 fully saturated rings. The summed E-state index contributed by atoms with van der Waals surface area (Å²) in [7, 11) is 0. The average Bonchev–Trinajstić information content (AvgIpc) is 3.01. The Kier molecular flexibility index (Phi) is 5.14. The first-order valence-corrected chi connectivity index (χ1v) is 9.69. The molecule has 2 aromatic rings. The predicted molar refractivity (Wildman–Crippen MR) is 106 cm³/mol. The quantitative estimate of drug-likeness (QED) is 0.755. The van der Waals surface area contributed by atoms with Crippen LogP contribution in [-0.2, 0) is 0 Å². The van der Waals surface area contributed by atoms with Crippen molar-refractivity contribution >= 4 is 29.1 Å². The molecule has 2 heterocycles. The van der Waals surface area contributed by atoms with E-state index in [9.17, 15) is 9.59 Å². The highest BCUT2D eigenvalue weighted by atomic mass is 35.5. The van der Waals surface area contributed by atoms with Gasteiger partial charge in [-0.25, -0.2) is 0 Å². The molecule has 140 valence electrons. The lowest BCUT2D eigenvalue weighted by Crippen LogP contribution is -2.48. The lowest BCUT2D eigenvalue weighted by atomic mass is 9.99. The van der Waals surface area contributed by atoms with E-state index in [1.165, 1.54) is 12.8 Å². The van der Waals surface area contributed by atoms with Gasteiger partial charge in [0.05, 0.1) is 11.3 Å². The minimum absolute atomic E-state index is 0.145. The Morgan fingerprint density at radius 3 is 2.30 bits per heavy atom. The fraction of sp³-hybridized carbons (Fsp3) is 0.333. The molecule has 2 aliphatic heterocycles. The third kappa shape index (κ3) is 4.15. The molecule has 4 rings (SSSR count). The third-order valence-corrected chi connectivity index (χ3v) is 5.59. The Balaban J connectivity index is 1.46. The molecular formula is C21H22ClN3O2. The number of benzene rings is 2. The summed E-state index contributed by atoms with van der Waals surface area (Å²) in [6.07, 6.45) is 4.29.